The van der Waals surface area contributed by atoms with Crippen LogP contribution in [0.1, 0.15) is 37.4 Å². The minimum absolute atomic E-state index is 0.737. The Balaban J connectivity index is 1.84. The monoisotopic (exact) mass is 298 g/mol. The summed E-state index contributed by atoms with van der Waals surface area (Å²) in [5, 5.41) is 5.14. The maximum atomic E-state index is 6.29. The summed E-state index contributed by atoms with van der Waals surface area (Å²) in [6, 6.07) is 0.737. The molecule has 1 saturated heterocycles. The van der Waals surface area contributed by atoms with Crippen molar-refractivity contribution in [3.63, 3.8) is 0 Å². The normalized spacial score (nSPS) is 20.8. The van der Waals surface area contributed by atoms with Gasteiger partial charge in [0.1, 0.15) is 5.15 Å². The first-order valence-electron chi connectivity index (χ1n) is 7.59. The number of halogens is 1. The first-order chi connectivity index (χ1) is 9.49. The molecule has 0 aliphatic carbocycles. The van der Waals surface area contributed by atoms with Crippen molar-refractivity contribution in [2.24, 2.45) is 7.05 Å². The average Bonchev–Trinajstić information content (AvgIpc) is 2.64. The van der Waals surface area contributed by atoms with Crippen LogP contribution in [-0.2, 0) is 13.6 Å². The number of hydrogen-bond donors (Lipinski definition) is 0. The molecule has 0 saturated carbocycles. The zero-order valence-electron chi connectivity index (χ0n) is 13.2. The third-order valence-corrected chi connectivity index (χ3v) is 4.88. The van der Waals surface area contributed by atoms with E-state index >= 15 is 0 Å². The van der Waals surface area contributed by atoms with E-state index in [2.05, 4.69) is 28.9 Å². The van der Waals surface area contributed by atoms with E-state index in [4.69, 9.17) is 11.6 Å². The second-order valence-electron chi connectivity index (χ2n) is 6.10. The number of likely N-dealkylation sites (N-methyl/N-ethyl adjacent to an activating group) is 1. The topological polar surface area (TPSA) is 24.3 Å². The summed E-state index contributed by atoms with van der Waals surface area (Å²) in [4.78, 5) is 4.95. The Morgan fingerprint density at radius 3 is 2.75 bits per heavy atom. The number of likely N-dealkylation sites (tertiary alicyclic amines) is 1. The van der Waals surface area contributed by atoms with Gasteiger partial charge in [-0.2, -0.15) is 5.10 Å². The van der Waals surface area contributed by atoms with E-state index in [1.165, 1.54) is 25.8 Å². The minimum atomic E-state index is 0.737. The van der Waals surface area contributed by atoms with Gasteiger partial charge in [-0.3, -0.25) is 9.58 Å². The third-order valence-electron chi connectivity index (χ3n) is 4.41. The third kappa shape index (κ3) is 3.74. The first kappa shape index (κ1) is 15.8. The highest BCUT2D eigenvalue weighted by Gasteiger charge is 2.19. The van der Waals surface area contributed by atoms with Crippen LogP contribution >= 0.6 is 11.6 Å². The maximum absolute atomic E-state index is 6.29. The van der Waals surface area contributed by atoms with Crippen LogP contribution in [0.3, 0.4) is 0 Å². The maximum Gasteiger partial charge on any atom is 0.131 e. The van der Waals surface area contributed by atoms with Gasteiger partial charge in [0.15, 0.2) is 0 Å². The Hall–Kier alpha value is -0.580. The standard InChI is InChI=1S/C15H27ClN4/c1-12-7-5-6-8-20(12)10-9-18(3)11-14-13(2)17-19(4)15(14)16/h12H,5-11H2,1-4H3. The summed E-state index contributed by atoms with van der Waals surface area (Å²) < 4.78 is 1.76. The second-order valence-corrected chi connectivity index (χ2v) is 6.45. The van der Waals surface area contributed by atoms with Gasteiger partial charge in [0.2, 0.25) is 0 Å². The lowest BCUT2D eigenvalue weighted by molar-refractivity contribution is 0.141. The highest BCUT2D eigenvalue weighted by molar-refractivity contribution is 6.30. The van der Waals surface area contributed by atoms with Crippen LogP contribution in [-0.4, -0.2) is 52.3 Å². The van der Waals surface area contributed by atoms with Gasteiger partial charge in [-0.1, -0.05) is 18.0 Å². The van der Waals surface area contributed by atoms with Crippen molar-refractivity contribution in [1.29, 1.82) is 0 Å². The highest BCUT2D eigenvalue weighted by atomic mass is 35.5. The van der Waals surface area contributed by atoms with E-state index < -0.39 is 0 Å². The quantitative estimate of drug-likeness (QED) is 0.835. The molecule has 1 atom stereocenters. The molecule has 0 amide bonds. The van der Waals surface area contributed by atoms with Gasteiger partial charge in [0.05, 0.1) is 5.69 Å². The molecule has 1 unspecified atom stereocenters. The van der Waals surface area contributed by atoms with Gasteiger partial charge >= 0.3 is 0 Å². The largest absolute Gasteiger partial charge is 0.301 e. The van der Waals surface area contributed by atoms with Gasteiger partial charge in [0, 0.05) is 38.3 Å². The number of piperidine rings is 1. The molecule has 114 valence electrons. The summed E-state index contributed by atoms with van der Waals surface area (Å²) >= 11 is 6.29. The Morgan fingerprint density at radius 2 is 2.15 bits per heavy atom. The number of hydrogen-bond acceptors (Lipinski definition) is 3. The van der Waals surface area contributed by atoms with E-state index in [0.717, 1.165) is 42.1 Å². The molecule has 0 bridgehead atoms. The lowest BCUT2D eigenvalue weighted by Crippen LogP contribution is -2.41. The van der Waals surface area contributed by atoms with Gasteiger partial charge in [-0.05, 0) is 40.3 Å². The molecule has 1 aliphatic heterocycles. The van der Waals surface area contributed by atoms with E-state index in [1.807, 2.05) is 14.0 Å². The number of nitrogens with zero attached hydrogens (tertiary/aromatic N) is 4. The molecule has 5 heteroatoms. The first-order valence-corrected chi connectivity index (χ1v) is 7.97. The molecule has 1 aliphatic rings. The second kappa shape index (κ2) is 6.92. The summed E-state index contributed by atoms with van der Waals surface area (Å²) in [5.41, 5.74) is 2.19. The van der Waals surface area contributed by atoms with Crippen LogP contribution in [0.5, 0.6) is 0 Å². The Labute approximate surface area is 127 Å². The molecule has 1 fully saturated rings. The fraction of sp³-hybridized carbons (Fsp3) is 0.800. The van der Waals surface area contributed by atoms with Crippen LogP contribution in [0.4, 0.5) is 0 Å². The SMILES string of the molecule is Cc1nn(C)c(Cl)c1CN(C)CCN1CCCCC1C. The number of aromatic nitrogens is 2. The molecule has 0 aromatic carbocycles. The van der Waals surface area contributed by atoms with Crippen molar-refractivity contribution in [3.8, 4) is 0 Å². The molecule has 1 aromatic heterocycles. The van der Waals surface area contributed by atoms with E-state index in [0.29, 0.717) is 0 Å². The molecule has 0 spiro atoms. The summed E-state index contributed by atoms with van der Waals surface area (Å²) in [5.74, 6) is 0. The van der Waals surface area contributed by atoms with E-state index in [9.17, 15) is 0 Å². The van der Waals surface area contributed by atoms with Gasteiger partial charge in [-0.25, -0.2) is 0 Å². The number of rotatable bonds is 5. The Bertz CT molecular complexity index is 443. The zero-order chi connectivity index (χ0) is 14.7. The molecule has 2 rings (SSSR count). The molecule has 0 radical (unpaired) electrons. The van der Waals surface area contributed by atoms with Crippen LogP contribution in [0.15, 0.2) is 0 Å². The Morgan fingerprint density at radius 1 is 1.40 bits per heavy atom. The van der Waals surface area contributed by atoms with Crippen LogP contribution < -0.4 is 0 Å². The zero-order valence-corrected chi connectivity index (χ0v) is 13.9. The summed E-state index contributed by atoms with van der Waals surface area (Å²) in [6.45, 7) is 8.73. The lowest BCUT2D eigenvalue weighted by atomic mass is 10.0. The predicted octanol–water partition coefficient (Wildman–Crippen LogP) is 2.69. The van der Waals surface area contributed by atoms with Crippen LogP contribution in [0.2, 0.25) is 5.15 Å². The summed E-state index contributed by atoms with van der Waals surface area (Å²) in [6.07, 6.45) is 4.08. The van der Waals surface area contributed by atoms with Crippen molar-refractivity contribution in [2.45, 2.75) is 45.7 Å². The van der Waals surface area contributed by atoms with E-state index in [-0.39, 0.29) is 0 Å². The van der Waals surface area contributed by atoms with Crippen molar-refractivity contribution in [1.82, 2.24) is 19.6 Å². The van der Waals surface area contributed by atoms with Crippen LogP contribution in [0, 0.1) is 6.92 Å². The number of aryl methyl sites for hydroxylation is 2. The molecule has 2 heterocycles. The predicted molar refractivity (Wildman–Crippen MR) is 84.2 cm³/mol. The Kier molecular flexibility index (Phi) is 5.47. The average molecular weight is 299 g/mol. The fourth-order valence-electron chi connectivity index (χ4n) is 2.99. The molecular formula is C15H27ClN4. The van der Waals surface area contributed by atoms with Gasteiger partial charge in [-0.15, -0.1) is 0 Å². The van der Waals surface area contributed by atoms with E-state index in [1.54, 1.807) is 4.68 Å². The smallest absolute Gasteiger partial charge is 0.131 e. The highest BCUT2D eigenvalue weighted by Crippen LogP contribution is 2.20. The molecule has 1 aromatic rings. The van der Waals surface area contributed by atoms with Crippen molar-refractivity contribution < 1.29 is 0 Å². The van der Waals surface area contributed by atoms with Crippen LogP contribution in [0.25, 0.3) is 0 Å². The molecule has 20 heavy (non-hydrogen) atoms. The van der Waals surface area contributed by atoms with Crippen molar-refractivity contribution in [2.75, 3.05) is 26.7 Å². The summed E-state index contributed by atoms with van der Waals surface area (Å²) in [7, 11) is 4.06. The van der Waals surface area contributed by atoms with Crippen molar-refractivity contribution >= 4 is 11.6 Å². The lowest BCUT2D eigenvalue weighted by Gasteiger charge is -2.34. The molecule has 0 N–H and O–H groups in total. The van der Waals surface area contributed by atoms with Gasteiger partial charge < -0.3 is 4.90 Å². The minimum Gasteiger partial charge on any atom is -0.301 e. The van der Waals surface area contributed by atoms with Crippen molar-refractivity contribution in [3.05, 3.63) is 16.4 Å². The molecule has 4 nitrogen and oxygen atoms in total. The molecular weight excluding hydrogens is 272 g/mol. The fourth-order valence-corrected chi connectivity index (χ4v) is 3.23. The van der Waals surface area contributed by atoms with Gasteiger partial charge in [0.25, 0.3) is 0 Å².